The van der Waals surface area contributed by atoms with Crippen LogP contribution in [0.5, 0.6) is 0 Å². The van der Waals surface area contributed by atoms with Crippen molar-refractivity contribution in [2.45, 2.75) is 18.6 Å². The molecule has 0 saturated carbocycles. The van der Waals surface area contributed by atoms with Crippen molar-refractivity contribution in [2.24, 2.45) is 0 Å². The Morgan fingerprint density at radius 3 is 2.86 bits per heavy atom. The van der Waals surface area contributed by atoms with Crippen molar-refractivity contribution < 1.29 is 15.0 Å². The van der Waals surface area contributed by atoms with E-state index in [0.29, 0.717) is 16.7 Å². The maximum absolute atomic E-state index is 10.4. The molecule has 0 amide bonds. The van der Waals surface area contributed by atoms with Gasteiger partial charge in [0.15, 0.2) is 6.29 Å². The molecule has 1 rings (SSSR count). The van der Waals surface area contributed by atoms with Crippen LogP contribution in [0.15, 0.2) is 11.4 Å². The van der Waals surface area contributed by atoms with Gasteiger partial charge in [-0.1, -0.05) is 0 Å². The van der Waals surface area contributed by atoms with E-state index in [1.807, 2.05) is 0 Å². The predicted octanol–water partition coefficient (Wildman–Crippen LogP) is 0.869. The minimum absolute atomic E-state index is 0.132. The van der Waals surface area contributed by atoms with Crippen LogP contribution in [0.4, 0.5) is 0 Å². The van der Waals surface area contributed by atoms with Crippen LogP contribution < -0.4 is 0 Å². The number of carbonyl (C=O) groups excluding carboxylic acids is 1. The second kappa shape index (κ2) is 4.86. The lowest BCUT2D eigenvalue weighted by atomic mass is 10.1. The third kappa shape index (κ3) is 2.39. The fourth-order valence-electron chi connectivity index (χ4n) is 1.01. The SMILES string of the molecule is N#CCC(O)C(O)c1csc(C=O)c1. The Morgan fingerprint density at radius 1 is 1.64 bits per heavy atom. The first-order valence-electron chi connectivity index (χ1n) is 3.95. The number of thiophene rings is 1. The molecule has 4 nitrogen and oxygen atoms in total. The van der Waals surface area contributed by atoms with Crippen LogP contribution in [0.2, 0.25) is 0 Å². The summed E-state index contributed by atoms with van der Waals surface area (Å²) in [5, 5.41) is 28.7. The quantitative estimate of drug-likeness (QED) is 0.724. The molecule has 14 heavy (non-hydrogen) atoms. The van der Waals surface area contributed by atoms with E-state index in [2.05, 4.69) is 0 Å². The van der Waals surface area contributed by atoms with Crippen LogP contribution >= 0.6 is 11.3 Å². The molecule has 5 heteroatoms. The van der Waals surface area contributed by atoms with Crippen molar-refractivity contribution in [3.8, 4) is 6.07 Å². The second-order valence-corrected chi connectivity index (χ2v) is 3.72. The standard InChI is InChI=1S/C9H9NO3S/c10-2-1-8(12)9(13)6-3-7(4-11)14-5-6/h3-5,8-9,12-13H,1H2. The van der Waals surface area contributed by atoms with Gasteiger partial charge in [0.25, 0.3) is 0 Å². The zero-order chi connectivity index (χ0) is 10.6. The Kier molecular flexibility index (Phi) is 3.77. The molecule has 0 aliphatic rings. The predicted molar refractivity (Wildman–Crippen MR) is 50.9 cm³/mol. The molecule has 2 N–H and O–H groups in total. The minimum Gasteiger partial charge on any atom is -0.389 e. The van der Waals surface area contributed by atoms with E-state index < -0.39 is 12.2 Å². The van der Waals surface area contributed by atoms with E-state index in [9.17, 15) is 15.0 Å². The molecule has 0 saturated heterocycles. The maximum Gasteiger partial charge on any atom is 0.160 e. The summed E-state index contributed by atoms with van der Waals surface area (Å²) < 4.78 is 0. The second-order valence-electron chi connectivity index (χ2n) is 2.77. The van der Waals surface area contributed by atoms with Crippen LogP contribution in [0.1, 0.15) is 27.8 Å². The number of hydrogen-bond donors (Lipinski definition) is 2. The van der Waals surface area contributed by atoms with E-state index in [0.717, 1.165) is 0 Å². The first-order valence-corrected chi connectivity index (χ1v) is 4.83. The molecule has 74 valence electrons. The van der Waals surface area contributed by atoms with Gasteiger partial charge >= 0.3 is 0 Å². The molecule has 1 heterocycles. The molecule has 2 unspecified atom stereocenters. The van der Waals surface area contributed by atoms with Crippen LogP contribution in [-0.2, 0) is 0 Å². The number of nitriles is 1. The van der Waals surface area contributed by atoms with Gasteiger partial charge in [0.05, 0.1) is 23.5 Å². The number of carbonyl (C=O) groups is 1. The van der Waals surface area contributed by atoms with Gasteiger partial charge in [0, 0.05) is 0 Å². The molecule has 0 radical (unpaired) electrons. The van der Waals surface area contributed by atoms with Crippen LogP contribution in [0, 0.1) is 11.3 Å². The van der Waals surface area contributed by atoms with Gasteiger partial charge in [-0.25, -0.2) is 0 Å². The Hall–Kier alpha value is -1.22. The first-order chi connectivity index (χ1) is 6.69. The van der Waals surface area contributed by atoms with Gasteiger partial charge in [0.1, 0.15) is 6.10 Å². The lowest BCUT2D eigenvalue weighted by Gasteiger charge is -2.13. The smallest absolute Gasteiger partial charge is 0.160 e. The molecule has 0 spiro atoms. The van der Waals surface area contributed by atoms with Crippen molar-refractivity contribution in [2.75, 3.05) is 0 Å². The molecule has 0 aliphatic carbocycles. The van der Waals surface area contributed by atoms with Crippen molar-refractivity contribution in [3.05, 3.63) is 21.9 Å². The van der Waals surface area contributed by atoms with Crippen molar-refractivity contribution >= 4 is 17.6 Å². The van der Waals surface area contributed by atoms with Crippen LogP contribution in [0.3, 0.4) is 0 Å². The first kappa shape index (κ1) is 10.9. The maximum atomic E-state index is 10.4. The highest BCUT2D eigenvalue weighted by atomic mass is 32.1. The van der Waals surface area contributed by atoms with Gasteiger partial charge < -0.3 is 10.2 Å². The fourth-order valence-corrected chi connectivity index (χ4v) is 1.75. The van der Waals surface area contributed by atoms with Gasteiger partial charge in [-0.3, -0.25) is 4.79 Å². The molecule has 0 bridgehead atoms. The molecule has 2 atom stereocenters. The van der Waals surface area contributed by atoms with Crippen LogP contribution in [-0.4, -0.2) is 22.6 Å². The summed E-state index contributed by atoms with van der Waals surface area (Å²) >= 11 is 1.19. The lowest BCUT2D eigenvalue weighted by Crippen LogP contribution is -2.16. The molecule has 1 aromatic rings. The zero-order valence-electron chi connectivity index (χ0n) is 7.25. The van der Waals surface area contributed by atoms with Gasteiger partial charge in [-0.15, -0.1) is 11.3 Å². The lowest BCUT2D eigenvalue weighted by molar-refractivity contribution is 0.0219. The summed E-state index contributed by atoms with van der Waals surface area (Å²) in [6.45, 7) is 0. The number of nitrogens with zero attached hydrogens (tertiary/aromatic N) is 1. The number of aliphatic hydroxyl groups is 2. The Labute approximate surface area is 85.0 Å². The third-order valence-electron chi connectivity index (χ3n) is 1.76. The summed E-state index contributed by atoms with van der Waals surface area (Å²) in [6, 6.07) is 3.27. The fraction of sp³-hybridized carbons (Fsp3) is 0.333. The Bertz CT molecular complexity index is 355. The van der Waals surface area contributed by atoms with Crippen LogP contribution in [0.25, 0.3) is 0 Å². The summed E-state index contributed by atoms with van der Waals surface area (Å²) in [7, 11) is 0. The van der Waals surface area contributed by atoms with Crippen molar-refractivity contribution in [3.63, 3.8) is 0 Å². The summed E-state index contributed by atoms with van der Waals surface area (Å²) in [5.74, 6) is 0. The summed E-state index contributed by atoms with van der Waals surface area (Å²) in [5.41, 5.74) is 0.472. The third-order valence-corrected chi connectivity index (χ3v) is 2.64. The highest BCUT2D eigenvalue weighted by molar-refractivity contribution is 7.11. The Morgan fingerprint density at radius 2 is 2.36 bits per heavy atom. The highest BCUT2D eigenvalue weighted by Gasteiger charge is 2.19. The molecule has 0 fully saturated rings. The summed E-state index contributed by atoms with van der Waals surface area (Å²) in [6.07, 6.45) is -1.65. The van der Waals surface area contributed by atoms with Crippen molar-refractivity contribution in [1.82, 2.24) is 0 Å². The average Bonchev–Trinajstić information content (AvgIpc) is 2.65. The number of aldehydes is 1. The van der Waals surface area contributed by atoms with E-state index in [4.69, 9.17) is 5.26 Å². The average molecular weight is 211 g/mol. The molecular formula is C9H9NO3S. The Balaban J connectivity index is 2.73. The number of rotatable bonds is 4. The van der Waals surface area contributed by atoms with E-state index >= 15 is 0 Å². The van der Waals surface area contributed by atoms with E-state index in [-0.39, 0.29) is 6.42 Å². The highest BCUT2D eigenvalue weighted by Crippen LogP contribution is 2.23. The van der Waals surface area contributed by atoms with E-state index in [1.54, 1.807) is 11.4 Å². The topological polar surface area (TPSA) is 81.3 Å². The molecule has 0 aliphatic heterocycles. The minimum atomic E-state index is -1.10. The summed E-state index contributed by atoms with van der Waals surface area (Å²) in [4.78, 5) is 10.8. The normalized spacial score (nSPS) is 14.4. The monoisotopic (exact) mass is 211 g/mol. The zero-order valence-corrected chi connectivity index (χ0v) is 8.07. The molecule has 0 aromatic carbocycles. The number of hydrogen-bond acceptors (Lipinski definition) is 5. The van der Waals surface area contributed by atoms with E-state index in [1.165, 1.54) is 17.4 Å². The van der Waals surface area contributed by atoms with Crippen molar-refractivity contribution in [1.29, 1.82) is 5.26 Å². The van der Waals surface area contributed by atoms with Gasteiger partial charge in [-0.2, -0.15) is 5.26 Å². The molecular weight excluding hydrogens is 202 g/mol. The largest absolute Gasteiger partial charge is 0.389 e. The number of aliphatic hydroxyl groups excluding tert-OH is 2. The molecule has 1 aromatic heterocycles. The van der Waals surface area contributed by atoms with Gasteiger partial charge in [-0.05, 0) is 17.0 Å². The van der Waals surface area contributed by atoms with Gasteiger partial charge in [0.2, 0.25) is 0 Å².